The first-order valence-electron chi connectivity index (χ1n) is 37.0. The molecule has 3 amide bonds. The summed E-state index contributed by atoms with van der Waals surface area (Å²) < 4.78 is 29.8. The van der Waals surface area contributed by atoms with Gasteiger partial charge >= 0.3 is 6.09 Å². The van der Waals surface area contributed by atoms with Gasteiger partial charge in [0.1, 0.15) is 46.0 Å². The van der Waals surface area contributed by atoms with E-state index in [9.17, 15) is 33.6 Å². The molecule has 31 heteroatoms. The highest BCUT2D eigenvalue weighted by Gasteiger charge is 2.36. The fraction of sp³-hybridized carbons (Fsp3) is 0.329. The zero-order chi connectivity index (χ0) is 80.5. The van der Waals surface area contributed by atoms with Crippen LogP contribution in [0.25, 0.3) is 32.7 Å². The van der Waals surface area contributed by atoms with Crippen LogP contribution in [0.4, 0.5) is 4.79 Å². The number of carbonyl (C=O) groups excluding carboxylic acids is 4. The van der Waals surface area contributed by atoms with Gasteiger partial charge in [0.2, 0.25) is 16.3 Å². The second kappa shape index (κ2) is 35.6. The topological polar surface area (TPSA) is 321 Å². The van der Waals surface area contributed by atoms with Crippen molar-refractivity contribution in [1.82, 2.24) is 73.5 Å². The number of fused-ring (bicyclic) bond motifs is 6. The van der Waals surface area contributed by atoms with E-state index in [1.165, 1.54) is 18.3 Å². The van der Waals surface area contributed by atoms with E-state index in [-0.39, 0.29) is 106 Å². The minimum Gasteiger partial charge on any atom is -0.483 e. The molecule has 12 heterocycles. The fourth-order valence-corrected chi connectivity index (χ4v) is 14.5. The van der Waals surface area contributed by atoms with Gasteiger partial charge in [-0.3, -0.25) is 39.0 Å². The third-order valence-electron chi connectivity index (χ3n) is 19.1. The SMILES string of the molecule is CC(C)(C)OC(=O)n1ncc2c(Cl)nc(Cl)cc21.CC(C)N1CCn2c(CCc3cc4[nH]ncc4c(Cl)n3)cc(=O)c(OCc3ccccc3)c2C1=O.CC(C)N1CCn2c(CCc3cc4[nH]ncc4c(Cl)n3)cc(=O)c(OCc3ccccc3)c2C1=O.CC(C)N1CCn2c(CN)cc(=O)c(OCc3ccccc3)c2C1=O. The predicted octanol–water partition coefficient (Wildman–Crippen LogP) is 13.3. The molecule has 0 atom stereocenters. The Morgan fingerprint density at radius 2 is 0.832 bits per heavy atom. The van der Waals surface area contributed by atoms with Crippen molar-refractivity contribution < 1.29 is 38.1 Å². The summed E-state index contributed by atoms with van der Waals surface area (Å²) in [5.74, 6) is -0.240. The van der Waals surface area contributed by atoms with Crippen LogP contribution in [0.5, 0.6) is 17.2 Å². The molecule has 9 aromatic heterocycles. The molecule has 113 heavy (non-hydrogen) atoms. The highest BCUT2D eigenvalue weighted by Crippen LogP contribution is 2.32. The molecule has 3 aliphatic heterocycles. The molecular weight excluding hydrogens is 1530 g/mol. The molecule has 0 unspecified atom stereocenters. The van der Waals surface area contributed by atoms with Crippen LogP contribution in [0.2, 0.25) is 20.6 Å². The lowest BCUT2D eigenvalue weighted by Gasteiger charge is -2.35. The van der Waals surface area contributed by atoms with E-state index >= 15 is 0 Å². The molecule has 0 bridgehead atoms. The van der Waals surface area contributed by atoms with E-state index in [1.54, 1.807) is 60.0 Å². The van der Waals surface area contributed by atoms with Gasteiger partial charge in [0.25, 0.3) is 17.7 Å². The molecule has 0 fully saturated rings. The number of nitrogens with zero attached hydrogens (tertiary/aromatic N) is 13. The van der Waals surface area contributed by atoms with E-state index in [1.807, 2.05) is 158 Å². The maximum atomic E-state index is 13.5. The monoisotopic (exact) mass is 1610 g/mol. The summed E-state index contributed by atoms with van der Waals surface area (Å²) in [5.41, 5.74) is 13.9. The van der Waals surface area contributed by atoms with Crippen molar-refractivity contribution in [2.45, 2.75) is 158 Å². The van der Waals surface area contributed by atoms with Gasteiger partial charge in [-0.05, 0) is 117 Å². The number of H-pyrrole nitrogens is 2. The average molecular weight is 1610 g/mol. The number of benzene rings is 3. The van der Waals surface area contributed by atoms with Gasteiger partial charge in [0, 0.05) is 117 Å². The first-order valence-corrected chi connectivity index (χ1v) is 38.5. The molecule has 27 nitrogen and oxygen atoms in total. The lowest BCUT2D eigenvalue weighted by Crippen LogP contribution is -2.46. The van der Waals surface area contributed by atoms with Gasteiger partial charge < -0.3 is 53.1 Å². The number of amides is 3. The number of ether oxygens (including phenoxy) is 4. The van der Waals surface area contributed by atoms with Crippen LogP contribution in [0.15, 0.2) is 160 Å². The number of carbonyl (C=O) groups is 4. The van der Waals surface area contributed by atoms with Crippen LogP contribution in [-0.2, 0) is 76.4 Å². The van der Waals surface area contributed by atoms with E-state index in [2.05, 4.69) is 40.4 Å². The summed E-state index contributed by atoms with van der Waals surface area (Å²) in [6.45, 7) is 21.5. The van der Waals surface area contributed by atoms with Crippen molar-refractivity contribution in [3.05, 3.63) is 260 Å². The van der Waals surface area contributed by atoms with Crippen molar-refractivity contribution in [1.29, 1.82) is 0 Å². The molecule has 0 saturated heterocycles. The number of nitrogens with one attached hydrogen (secondary N) is 2. The Kier molecular flexibility index (Phi) is 25.6. The summed E-state index contributed by atoms with van der Waals surface area (Å²) in [6.07, 6.45) is 6.31. The number of pyridine rings is 6. The largest absolute Gasteiger partial charge is 0.483 e. The first-order chi connectivity index (χ1) is 54.1. The average Bonchev–Trinajstić information content (AvgIpc) is 1.72. The molecule has 4 N–H and O–H groups in total. The number of hydrogen-bond donors (Lipinski definition) is 3. The van der Waals surface area contributed by atoms with Crippen molar-refractivity contribution in [2.24, 2.45) is 5.73 Å². The molecule has 3 aliphatic rings. The molecule has 12 aromatic rings. The van der Waals surface area contributed by atoms with E-state index in [0.717, 1.165) is 66.0 Å². The number of rotatable bonds is 19. The molecule has 588 valence electrons. The van der Waals surface area contributed by atoms with Crippen LogP contribution in [0, 0.1) is 0 Å². The molecule has 0 saturated carbocycles. The number of halogens is 4. The van der Waals surface area contributed by atoms with E-state index in [0.29, 0.717) is 109 Å². The Morgan fingerprint density at radius 1 is 0.469 bits per heavy atom. The van der Waals surface area contributed by atoms with Crippen molar-refractivity contribution >= 4 is 103 Å². The number of aromatic amines is 2. The quantitative estimate of drug-likeness (QED) is 0.0633. The normalized spacial score (nSPS) is 13.3. The summed E-state index contributed by atoms with van der Waals surface area (Å²) in [4.78, 5) is 109. The lowest BCUT2D eigenvalue weighted by atomic mass is 10.1. The third-order valence-corrected chi connectivity index (χ3v) is 20.2. The predicted molar refractivity (Wildman–Crippen MR) is 433 cm³/mol. The second-order valence-corrected chi connectivity index (χ2v) is 30.4. The van der Waals surface area contributed by atoms with Crippen molar-refractivity contribution in [2.75, 3.05) is 19.6 Å². The van der Waals surface area contributed by atoms with Gasteiger partial charge in [-0.1, -0.05) is 137 Å². The highest BCUT2D eigenvalue weighted by atomic mass is 35.5. The highest BCUT2D eigenvalue weighted by molar-refractivity contribution is 6.36. The number of aryl methyl sites for hydroxylation is 4. The maximum Gasteiger partial charge on any atom is 0.435 e. The minimum atomic E-state index is -0.601. The zero-order valence-electron chi connectivity index (χ0n) is 63.9. The Balaban J connectivity index is 0.000000144. The summed E-state index contributed by atoms with van der Waals surface area (Å²) >= 11 is 24.3. The van der Waals surface area contributed by atoms with E-state index < -0.39 is 11.7 Å². The molecule has 15 rings (SSSR count). The second-order valence-electron chi connectivity index (χ2n) is 29.0. The number of nitrogens with two attached hydrogens (primary N) is 1. The minimum absolute atomic E-state index is 0.0180. The van der Waals surface area contributed by atoms with E-state index in [4.69, 9.17) is 71.1 Å². The fourth-order valence-electron chi connectivity index (χ4n) is 13.5. The Bertz CT molecular complexity index is 5460. The van der Waals surface area contributed by atoms with Crippen LogP contribution < -0.4 is 36.2 Å². The number of aromatic nitrogens is 12. The Morgan fingerprint density at radius 3 is 1.19 bits per heavy atom. The van der Waals surface area contributed by atoms with Gasteiger partial charge in [-0.25, -0.2) is 19.7 Å². The molecule has 3 aromatic carbocycles. The van der Waals surface area contributed by atoms with Crippen LogP contribution in [0.1, 0.15) is 139 Å². The van der Waals surface area contributed by atoms with Crippen molar-refractivity contribution in [3.8, 4) is 17.2 Å². The smallest absolute Gasteiger partial charge is 0.435 e. The maximum absolute atomic E-state index is 13.5. The van der Waals surface area contributed by atoms with Gasteiger partial charge in [-0.15, -0.1) is 0 Å². The number of hydrogen-bond acceptors (Lipinski definition) is 18. The molecular formula is C82H86Cl4N16O11. The van der Waals surface area contributed by atoms with Crippen LogP contribution in [-0.4, -0.2) is 141 Å². The molecule has 0 aliphatic carbocycles. The van der Waals surface area contributed by atoms with Crippen LogP contribution in [0.3, 0.4) is 0 Å². The Labute approximate surface area is 670 Å². The third kappa shape index (κ3) is 18.8. The summed E-state index contributed by atoms with van der Waals surface area (Å²) in [7, 11) is 0. The Hall–Kier alpha value is -11.2. The van der Waals surface area contributed by atoms with Gasteiger partial charge in [-0.2, -0.15) is 20.0 Å². The zero-order valence-corrected chi connectivity index (χ0v) is 66.9. The van der Waals surface area contributed by atoms with Gasteiger partial charge in [0.05, 0.1) is 51.3 Å². The van der Waals surface area contributed by atoms with Crippen LogP contribution >= 0.6 is 46.4 Å². The molecule has 0 radical (unpaired) electrons. The lowest BCUT2D eigenvalue weighted by molar-refractivity contribution is 0.0520. The van der Waals surface area contributed by atoms with Gasteiger partial charge in [0.15, 0.2) is 34.3 Å². The molecule has 0 spiro atoms. The van der Waals surface area contributed by atoms with Crippen molar-refractivity contribution in [3.63, 3.8) is 0 Å². The summed E-state index contributed by atoms with van der Waals surface area (Å²) in [5, 5.41) is 21.1. The summed E-state index contributed by atoms with van der Waals surface area (Å²) in [6, 6.07) is 38.8. The standard InChI is InChI=1S/2C26H26ClN5O3.C19H23N3O3.C11H11Cl2N3O2/c2*1-16(2)31-10-11-32-19(9-8-18-12-21-20(14-28-30-21)25(27)29-18)13-22(33)24(23(32)26(31)34)35-15-17-6-4-3-5-7-17;1-13(2)21-8-9-22-15(11-20)10-16(23)18(17(22)19(21)24)25-12-14-6-4-3-5-7-14;1-11(2,3)18-10(17)16-7-4-8(12)15-9(13)6(7)5-14-16/h2*3-7,12-14,16H,8-11,15H2,1-2H3,(H,28,30);3-7,10,13H,8-9,11-12,20H2,1-2H3;4-5H,1-3H3. The first kappa shape index (κ1) is 81.3.